The summed E-state index contributed by atoms with van der Waals surface area (Å²) in [6.45, 7) is 4.21. The largest absolute Gasteiger partial charge is 0.496 e. The van der Waals surface area contributed by atoms with Crippen molar-refractivity contribution >= 4 is 11.7 Å². The van der Waals surface area contributed by atoms with Crippen molar-refractivity contribution in [2.75, 3.05) is 19.2 Å². The van der Waals surface area contributed by atoms with Gasteiger partial charge in [-0.3, -0.25) is 5.01 Å². The maximum absolute atomic E-state index is 11.8. The maximum Gasteiger partial charge on any atom is 0.352 e. The number of hydrogen-bond acceptors (Lipinski definition) is 4. The van der Waals surface area contributed by atoms with Gasteiger partial charge in [-0.1, -0.05) is 56.7 Å². The van der Waals surface area contributed by atoms with Crippen LogP contribution in [0.3, 0.4) is 0 Å². The van der Waals surface area contributed by atoms with Crippen molar-refractivity contribution in [2.24, 2.45) is 11.7 Å². The fourth-order valence-electron chi connectivity index (χ4n) is 2.46. The lowest BCUT2D eigenvalue weighted by Crippen LogP contribution is -2.48. The smallest absolute Gasteiger partial charge is 0.352 e. The molecule has 0 aliphatic carbocycles. The van der Waals surface area contributed by atoms with Crippen LogP contribution in [-0.4, -0.2) is 25.2 Å². The Morgan fingerprint density at radius 2 is 1.69 bits per heavy atom. The van der Waals surface area contributed by atoms with Crippen LogP contribution in [0.25, 0.3) is 0 Å². The van der Waals surface area contributed by atoms with Gasteiger partial charge in [-0.2, -0.15) is 0 Å². The number of nitrogens with zero attached hydrogens (tertiary/aromatic N) is 2. The SMILES string of the molecule is CCCc1c(OC)cccc1N(N)C(=O)N(C)N.CCc1ccccc1. The van der Waals surface area contributed by atoms with Gasteiger partial charge in [0.2, 0.25) is 0 Å². The molecular weight excluding hydrogens is 328 g/mol. The summed E-state index contributed by atoms with van der Waals surface area (Å²) >= 11 is 0. The van der Waals surface area contributed by atoms with Gasteiger partial charge in [-0.15, -0.1) is 0 Å². The van der Waals surface area contributed by atoms with Crippen molar-refractivity contribution in [3.05, 3.63) is 59.7 Å². The van der Waals surface area contributed by atoms with Crippen molar-refractivity contribution in [3.63, 3.8) is 0 Å². The summed E-state index contributed by atoms with van der Waals surface area (Å²) in [4.78, 5) is 11.8. The second-order valence-corrected chi connectivity index (χ2v) is 5.81. The molecule has 6 nitrogen and oxygen atoms in total. The first-order valence-corrected chi connectivity index (χ1v) is 8.73. The van der Waals surface area contributed by atoms with Gasteiger partial charge in [-0.25, -0.2) is 21.5 Å². The standard InChI is InChI=1S/C12H20N4O2.C8H10/c1-4-6-9-10(7-5-8-11(9)18-3)16(14)12(17)15(2)13;1-2-8-6-4-3-5-7-8/h5,7-8H,4,6,13-14H2,1-3H3;3-7H,2H2,1H3. The highest BCUT2D eigenvalue weighted by molar-refractivity contribution is 5.91. The van der Waals surface area contributed by atoms with Crippen LogP contribution in [0, 0.1) is 0 Å². The van der Waals surface area contributed by atoms with Gasteiger partial charge in [-0.05, 0) is 30.5 Å². The van der Waals surface area contributed by atoms with Gasteiger partial charge >= 0.3 is 6.03 Å². The third kappa shape index (κ3) is 6.06. The summed E-state index contributed by atoms with van der Waals surface area (Å²) in [7, 11) is 3.04. The fraction of sp³-hybridized carbons (Fsp3) is 0.350. The first kappa shape index (κ1) is 21.5. The molecule has 2 aromatic carbocycles. The van der Waals surface area contributed by atoms with Gasteiger partial charge in [0, 0.05) is 12.6 Å². The van der Waals surface area contributed by atoms with Crippen molar-refractivity contribution < 1.29 is 9.53 Å². The minimum Gasteiger partial charge on any atom is -0.496 e. The fourth-order valence-corrected chi connectivity index (χ4v) is 2.46. The Labute approximate surface area is 156 Å². The van der Waals surface area contributed by atoms with E-state index in [9.17, 15) is 4.79 Å². The normalized spacial score (nSPS) is 9.77. The Hall–Kier alpha value is -2.57. The van der Waals surface area contributed by atoms with Crippen molar-refractivity contribution in [1.82, 2.24) is 5.01 Å². The summed E-state index contributed by atoms with van der Waals surface area (Å²) in [6.07, 6.45) is 2.84. The van der Waals surface area contributed by atoms with Crippen molar-refractivity contribution in [3.8, 4) is 5.75 Å². The second kappa shape index (κ2) is 11.1. The summed E-state index contributed by atoms with van der Waals surface area (Å²) in [5, 5.41) is 1.97. The molecule has 2 amide bonds. The Morgan fingerprint density at radius 1 is 1.04 bits per heavy atom. The lowest BCUT2D eigenvalue weighted by molar-refractivity contribution is 0.216. The first-order valence-electron chi connectivity index (χ1n) is 8.73. The Bertz CT molecular complexity index is 675. The highest BCUT2D eigenvalue weighted by Crippen LogP contribution is 2.29. The molecule has 2 rings (SSSR count). The van der Waals surface area contributed by atoms with Gasteiger partial charge in [0.1, 0.15) is 5.75 Å². The van der Waals surface area contributed by atoms with E-state index in [1.54, 1.807) is 19.2 Å². The van der Waals surface area contributed by atoms with E-state index in [0.29, 0.717) is 5.69 Å². The zero-order chi connectivity index (χ0) is 19.5. The zero-order valence-corrected chi connectivity index (χ0v) is 16.1. The molecule has 0 saturated heterocycles. The van der Waals surface area contributed by atoms with E-state index < -0.39 is 6.03 Å². The molecular formula is C20H30N4O2. The number of ether oxygens (including phenoxy) is 1. The molecule has 26 heavy (non-hydrogen) atoms. The maximum atomic E-state index is 11.8. The highest BCUT2D eigenvalue weighted by Gasteiger charge is 2.19. The number of nitrogens with two attached hydrogens (primary N) is 2. The predicted octanol–water partition coefficient (Wildman–Crippen LogP) is 3.50. The Morgan fingerprint density at radius 3 is 2.15 bits per heavy atom. The first-order chi connectivity index (χ1) is 12.5. The van der Waals surface area contributed by atoms with Crippen molar-refractivity contribution in [1.29, 1.82) is 0 Å². The number of aryl methyl sites for hydroxylation is 1. The van der Waals surface area contributed by atoms with Crippen LogP contribution < -0.4 is 21.4 Å². The quantitative estimate of drug-likeness (QED) is 0.487. The van der Waals surface area contributed by atoms with Gasteiger partial charge in [0.25, 0.3) is 0 Å². The van der Waals surface area contributed by atoms with E-state index in [0.717, 1.165) is 40.6 Å². The van der Waals surface area contributed by atoms with E-state index in [2.05, 4.69) is 31.2 Å². The monoisotopic (exact) mass is 358 g/mol. The molecule has 0 fully saturated rings. The molecule has 0 aliphatic heterocycles. The summed E-state index contributed by atoms with van der Waals surface area (Å²) < 4.78 is 5.29. The van der Waals surface area contributed by atoms with E-state index in [-0.39, 0.29) is 0 Å². The number of carbonyl (C=O) groups excluding carboxylic acids is 1. The van der Waals surface area contributed by atoms with Gasteiger partial charge < -0.3 is 4.74 Å². The van der Waals surface area contributed by atoms with Crippen LogP contribution in [-0.2, 0) is 12.8 Å². The number of urea groups is 1. The van der Waals surface area contributed by atoms with Crippen molar-refractivity contribution in [2.45, 2.75) is 33.1 Å². The van der Waals surface area contributed by atoms with Crippen LogP contribution in [0.1, 0.15) is 31.4 Å². The van der Waals surface area contributed by atoms with Crippen LogP contribution >= 0.6 is 0 Å². The summed E-state index contributed by atoms with van der Waals surface area (Å²) in [5.41, 5.74) is 2.92. The minimum atomic E-state index is -0.486. The topological polar surface area (TPSA) is 84.8 Å². The lowest BCUT2D eigenvalue weighted by Gasteiger charge is -2.24. The molecule has 0 radical (unpaired) electrons. The average Bonchev–Trinajstić information content (AvgIpc) is 2.68. The molecule has 0 spiro atoms. The van der Waals surface area contributed by atoms with E-state index in [4.69, 9.17) is 16.4 Å². The highest BCUT2D eigenvalue weighted by atomic mass is 16.5. The molecule has 0 unspecified atom stereocenters. The van der Waals surface area contributed by atoms with Gasteiger partial charge in [0.15, 0.2) is 0 Å². The lowest BCUT2D eigenvalue weighted by atomic mass is 10.1. The van der Waals surface area contributed by atoms with Crippen LogP contribution in [0.4, 0.5) is 10.5 Å². The molecule has 0 atom stereocenters. The molecule has 0 saturated carbocycles. The molecule has 4 N–H and O–H groups in total. The predicted molar refractivity (Wildman–Crippen MR) is 107 cm³/mol. The van der Waals surface area contributed by atoms with Crippen LogP contribution in [0.15, 0.2) is 48.5 Å². The minimum absolute atomic E-state index is 0.486. The Balaban J connectivity index is 0.000000350. The molecule has 0 heterocycles. The number of carbonyl (C=O) groups is 1. The third-order valence-electron chi connectivity index (χ3n) is 3.85. The molecule has 0 aliphatic rings. The zero-order valence-electron chi connectivity index (χ0n) is 16.1. The molecule has 6 heteroatoms. The third-order valence-corrected chi connectivity index (χ3v) is 3.85. The van der Waals surface area contributed by atoms with E-state index >= 15 is 0 Å². The molecule has 2 aromatic rings. The Kier molecular flexibility index (Phi) is 9.19. The number of hydrogen-bond donors (Lipinski definition) is 2. The number of anilines is 1. The number of amides is 2. The summed E-state index contributed by atoms with van der Waals surface area (Å²) in [5.74, 6) is 11.9. The van der Waals surface area contributed by atoms with E-state index in [1.807, 2.05) is 19.1 Å². The second-order valence-electron chi connectivity index (χ2n) is 5.81. The molecule has 142 valence electrons. The number of benzene rings is 2. The van der Waals surface area contributed by atoms with E-state index in [1.165, 1.54) is 12.6 Å². The molecule has 0 aromatic heterocycles. The van der Waals surface area contributed by atoms with Crippen LogP contribution in [0.2, 0.25) is 0 Å². The van der Waals surface area contributed by atoms with Crippen LogP contribution in [0.5, 0.6) is 5.75 Å². The summed E-state index contributed by atoms with van der Waals surface area (Å²) in [6, 6.07) is 15.4. The van der Waals surface area contributed by atoms with Gasteiger partial charge in [0.05, 0.1) is 12.8 Å². The number of methoxy groups -OCH3 is 1. The number of hydrazine groups is 2. The number of rotatable bonds is 5. The molecule has 0 bridgehead atoms. The average molecular weight is 358 g/mol.